The van der Waals surface area contributed by atoms with Crippen molar-refractivity contribution in [3.05, 3.63) is 56.6 Å². The monoisotopic (exact) mass is 371 g/mol. The third-order valence-corrected chi connectivity index (χ3v) is 5.21. The van der Waals surface area contributed by atoms with Gasteiger partial charge in [-0.05, 0) is 37.9 Å². The molecule has 1 saturated heterocycles. The second kappa shape index (κ2) is 7.76. The van der Waals surface area contributed by atoms with Crippen molar-refractivity contribution in [2.75, 3.05) is 13.1 Å². The molecule has 1 fully saturated rings. The van der Waals surface area contributed by atoms with Crippen molar-refractivity contribution < 1.29 is 0 Å². The molecule has 0 amide bonds. The van der Waals surface area contributed by atoms with Crippen LogP contribution in [0.1, 0.15) is 45.0 Å². The number of hydrogen-bond donors (Lipinski definition) is 0. The zero-order valence-electron chi connectivity index (χ0n) is 16.7. The topological polar surface area (TPSA) is 73.0 Å². The molecule has 0 aliphatic carbocycles. The maximum absolute atomic E-state index is 12.4. The van der Waals surface area contributed by atoms with Crippen LogP contribution in [0.15, 0.2) is 34.1 Å². The fourth-order valence-electron chi connectivity index (χ4n) is 3.44. The minimum Gasteiger partial charge on any atom is -0.299 e. The largest absolute Gasteiger partial charge is 0.299 e. The number of rotatable bonds is 4. The Hall–Kier alpha value is -2.28. The average Bonchev–Trinajstić information content (AvgIpc) is 2.61. The molecule has 1 aliphatic heterocycles. The number of likely N-dealkylation sites (tertiary alicyclic amines) is 1. The van der Waals surface area contributed by atoms with Gasteiger partial charge >= 0.3 is 0 Å². The van der Waals surface area contributed by atoms with E-state index in [-0.39, 0.29) is 16.5 Å². The Bertz CT molecular complexity index is 902. The van der Waals surface area contributed by atoms with E-state index in [1.54, 1.807) is 36.1 Å². The summed E-state index contributed by atoms with van der Waals surface area (Å²) < 4.78 is 3.12. The first kappa shape index (κ1) is 19.5. The van der Waals surface area contributed by atoms with Gasteiger partial charge in [0.1, 0.15) is 0 Å². The maximum atomic E-state index is 12.4. The van der Waals surface area contributed by atoms with Crippen LogP contribution >= 0.6 is 0 Å². The van der Waals surface area contributed by atoms with Crippen LogP contribution in [-0.4, -0.2) is 37.3 Å². The molecule has 0 spiro atoms. The lowest BCUT2D eigenvalue weighted by Gasteiger charge is -2.32. The quantitative estimate of drug-likeness (QED) is 0.815. The van der Waals surface area contributed by atoms with Crippen molar-refractivity contribution in [3.63, 3.8) is 0 Å². The second-order valence-electron chi connectivity index (χ2n) is 8.52. The molecule has 1 aliphatic rings. The summed E-state index contributed by atoms with van der Waals surface area (Å²) in [6.45, 7) is 9.61. The Morgan fingerprint density at radius 3 is 2.41 bits per heavy atom. The fraction of sp³-hybridized carbons (Fsp3) is 0.600. The van der Waals surface area contributed by atoms with Gasteiger partial charge in [0, 0.05) is 37.7 Å². The summed E-state index contributed by atoms with van der Waals surface area (Å²) in [4.78, 5) is 30.7. The van der Waals surface area contributed by atoms with Gasteiger partial charge in [0.05, 0.1) is 17.7 Å². The molecule has 7 heteroatoms. The molecule has 7 nitrogen and oxygen atoms in total. The van der Waals surface area contributed by atoms with E-state index >= 15 is 0 Å². The Morgan fingerprint density at radius 2 is 1.81 bits per heavy atom. The summed E-state index contributed by atoms with van der Waals surface area (Å²) in [5.74, 6) is 0.481. The van der Waals surface area contributed by atoms with Crippen LogP contribution in [0, 0.1) is 5.92 Å². The van der Waals surface area contributed by atoms with Gasteiger partial charge in [0.25, 0.3) is 11.1 Å². The molecular weight excluding hydrogens is 342 g/mol. The van der Waals surface area contributed by atoms with Crippen LogP contribution in [0.25, 0.3) is 0 Å². The summed E-state index contributed by atoms with van der Waals surface area (Å²) in [5.41, 5.74) is 1.58. The van der Waals surface area contributed by atoms with Crippen molar-refractivity contribution in [2.45, 2.75) is 52.1 Å². The Kier molecular flexibility index (Phi) is 5.60. The van der Waals surface area contributed by atoms with Crippen LogP contribution in [-0.2, 0) is 25.6 Å². The molecular formula is C20H29N5O2. The van der Waals surface area contributed by atoms with E-state index in [0.29, 0.717) is 5.92 Å². The van der Waals surface area contributed by atoms with Crippen molar-refractivity contribution in [3.8, 4) is 0 Å². The Morgan fingerprint density at radius 1 is 1.11 bits per heavy atom. The summed E-state index contributed by atoms with van der Waals surface area (Å²) in [5, 5.41) is 4.30. The Labute approximate surface area is 159 Å². The summed E-state index contributed by atoms with van der Waals surface area (Å²) in [6.07, 6.45) is 3.78. The van der Waals surface area contributed by atoms with Crippen LogP contribution in [0.4, 0.5) is 0 Å². The van der Waals surface area contributed by atoms with Crippen molar-refractivity contribution in [2.24, 2.45) is 13.0 Å². The van der Waals surface area contributed by atoms with Gasteiger partial charge in [0.2, 0.25) is 0 Å². The van der Waals surface area contributed by atoms with Gasteiger partial charge in [-0.1, -0.05) is 20.8 Å². The highest BCUT2D eigenvalue weighted by molar-refractivity contribution is 5.10. The first-order chi connectivity index (χ1) is 12.7. The van der Waals surface area contributed by atoms with Crippen molar-refractivity contribution >= 4 is 0 Å². The zero-order valence-corrected chi connectivity index (χ0v) is 16.7. The van der Waals surface area contributed by atoms with Crippen LogP contribution < -0.4 is 11.1 Å². The number of hydrogen-bond acceptors (Lipinski definition) is 5. The van der Waals surface area contributed by atoms with E-state index in [9.17, 15) is 9.59 Å². The molecule has 3 rings (SSSR count). The molecule has 27 heavy (non-hydrogen) atoms. The van der Waals surface area contributed by atoms with E-state index in [4.69, 9.17) is 0 Å². The molecule has 0 N–H and O–H groups in total. The molecule has 0 unspecified atom stereocenters. The predicted octanol–water partition coefficient (Wildman–Crippen LogP) is 1.55. The number of piperidine rings is 1. The van der Waals surface area contributed by atoms with Crippen molar-refractivity contribution in [1.29, 1.82) is 0 Å². The third-order valence-electron chi connectivity index (χ3n) is 5.21. The van der Waals surface area contributed by atoms with E-state index in [1.807, 2.05) is 0 Å². The number of nitrogens with zero attached hydrogens (tertiary/aromatic N) is 5. The highest BCUT2D eigenvalue weighted by Gasteiger charge is 2.21. The highest BCUT2D eigenvalue weighted by Crippen LogP contribution is 2.21. The minimum atomic E-state index is -0.113. The van der Waals surface area contributed by atoms with Gasteiger partial charge in [0.15, 0.2) is 0 Å². The van der Waals surface area contributed by atoms with Gasteiger partial charge in [-0.2, -0.15) is 5.10 Å². The van der Waals surface area contributed by atoms with E-state index in [0.717, 1.165) is 50.4 Å². The summed E-state index contributed by atoms with van der Waals surface area (Å²) in [7, 11) is 1.68. The molecule has 0 bridgehead atoms. The predicted molar refractivity (Wildman–Crippen MR) is 105 cm³/mol. The Balaban J connectivity index is 1.56. The molecule has 2 aromatic heterocycles. The van der Waals surface area contributed by atoms with Gasteiger partial charge in [-0.15, -0.1) is 0 Å². The SMILES string of the molecule is Cn1nc(CN2CCC(Cn3cnc(C(C)(C)C)cc3=O)CC2)ccc1=O. The minimum absolute atomic E-state index is 0.0340. The second-order valence-corrected chi connectivity index (χ2v) is 8.52. The first-order valence-corrected chi connectivity index (χ1v) is 9.55. The van der Waals surface area contributed by atoms with Crippen LogP contribution in [0.3, 0.4) is 0 Å². The molecule has 0 radical (unpaired) electrons. The third kappa shape index (κ3) is 4.91. The maximum Gasteiger partial charge on any atom is 0.266 e. The normalized spacial score (nSPS) is 16.6. The lowest BCUT2D eigenvalue weighted by Crippen LogP contribution is -2.36. The summed E-state index contributed by atoms with van der Waals surface area (Å²) >= 11 is 0. The van der Waals surface area contributed by atoms with Crippen LogP contribution in [0.2, 0.25) is 0 Å². The highest BCUT2D eigenvalue weighted by atomic mass is 16.1. The van der Waals surface area contributed by atoms with Gasteiger partial charge < -0.3 is 0 Å². The van der Waals surface area contributed by atoms with Crippen LogP contribution in [0.5, 0.6) is 0 Å². The molecule has 3 heterocycles. The molecule has 2 aromatic rings. The smallest absolute Gasteiger partial charge is 0.266 e. The summed E-state index contributed by atoms with van der Waals surface area (Å²) in [6, 6.07) is 5.03. The lowest BCUT2D eigenvalue weighted by atomic mass is 9.92. The molecule has 0 atom stereocenters. The number of aryl methyl sites for hydroxylation is 1. The standard InChI is InChI=1S/C20H29N5O2/c1-20(2,3)17-11-19(27)25(14-21-17)12-15-7-9-24(10-8-15)13-16-5-6-18(26)23(4)22-16/h5-6,11,14-15H,7-10,12-13H2,1-4H3. The average molecular weight is 371 g/mol. The fourth-order valence-corrected chi connectivity index (χ4v) is 3.44. The van der Waals surface area contributed by atoms with E-state index < -0.39 is 0 Å². The number of aromatic nitrogens is 4. The van der Waals surface area contributed by atoms with Crippen molar-refractivity contribution in [1.82, 2.24) is 24.2 Å². The molecule has 0 saturated carbocycles. The lowest BCUT2D eigenvalue weighted by molar-refractivity contribution is 0.164. The molecule has 0 aromatic carbocycles. The van der Waals surface area contributed by atoms with Gasteiger partial charge in [-0.25, -0.2) is 9.67 Å². The zero-order chi connectivity index (χ0) is 19.6. The van der Waals surface area contributed by atoms with E-state index in [2.05, 4.69) is 35.8 Å². The van der Waals surface area contributed by atoms with Gasteiger partial charge in [-0.3, -0.25) is 19.1 Å². The first-order valence-electron chi connectivity index (χ1n) is 9.55. The molecule has 146 valence electrons. The van der Waals surface area contributed by atoms with E-state index in [1.165, 1.54) is 4.68 Å².